The molecule has 0 spiro atoms. The molecule has 2 aliphatic rings. The highest BCUT2D eigenvalue weighted by Crippen LogP contribution is 2.38. The molecule has 1 aliphatic carbocycles. The van der Waals surface area contributed by atoms with Crippen LogP contribution in [0.1, 0.15) is 48.0 Å². The molecule has 0 atom stereocenters. The van der Waals surface area contributed by atoms with Crippen LogP contribution in [0.2, 0.25) is 0 Å². The Bertz CT molecular complexity index is 658. The van der Waals surface area contributed by atoms with Crippen LogP contribution in [0, 0.1) is 0 Å². The van der Waals surface area contributed by atoms with E-state index in [1.807, 2.05) is 12.4 Å². The van der Waals surface area contributed by atoms with Crippen LogP contribution in [-0.2, 0) is 30.8 Å². The number of rotatable bonds is 6. The van der Waals surface area contributed by atoms with Gasteiger partial charge in [-0.3, -0.25) is 10.00 Å². The zero-order valence-electron chi connectivity index (χ0n) is 13.8. The molecule has 4 rings (SSSR count). The first-order valence-electron chi connectivity index (χ1n) is 8.62. The Balaban J connectivity index is 1.46. The maximum absolute atomic E-state index is 5.18. The van der Waals surface area contributed by atoms with Crippen molar-refractivity contribution >= 4 is 0 Å². The Morgan fingerprint density at radius 2 is 2.30 bits per heavy atom. The lowest BCUT2D eigenvalue weighted by molar-refractivity contribution is 0.182. The molecule has 0 radical (unpaired) electrons. The van der Waals surface area contributed by atoms with Crippen molar-refractivity contribution in [3.8, 4) is 0 Å². The molecule has 0 amide bonds. The lowest BCUT2D eigenvalue weighted by atomic mass is 9.81. The van der Waals surface area contributed by atoms with Crippen LogP contribution < -0.4 is 0 Å². The van der Waals surface area contributed by atoms with E-state index in [-0.39, 0.29) is 0 Å². The zero-order valence-corrected chi connectivity index (χ0v) is 13.8. The van der Waals surface area contributed by atoms with Crippen LogP contribution in [0.4, 0.5) is 0 Å². The second-order valence-electron chi connectivity index (χ2n) is 6.68. The Morgan fingerprint density at radius 3 is 3.09 bits per heavy atom. The number of ether oxygens (including phenoxy) is 1. The van der Waals surface area contributed by atoms with Gasteiger partial charge in [-0.25, -0.2) is 4.98 Å². The average molecular weight is 315 g/mol. The second kappa shape index (κ2) is 6.45. The van der Waals surface area contributed by atoms with Gasteiger partial charge in [0.05, 0.1) is 18.8 Å². The first kappa shape index (κ1) is 14.9. The normalized spacial score (nSPS) is 18.8. The molecule has 3 heterocycles. The van der Waals surface area contributed by atoms with Gasteiger partial charge in [0.2, 0.25) is 0 Å². The van der Waals surface area contributed by atoms with Crippen molar-refractivity contribution in [2.75, 3.05) is 20.3 Å². The minimum atomic E-state index is 0.693. The van der Waals surface area contributed by atoms with Crippen LogP contribution >= 0.6 is 0 Å². The minimum absolute atomic E-state index is 0.693. The molecule has 1 aliphatic heterocycles. The van der Waals surface area contributed by atoms with Gasteiger partial charge in [0.25, 0.3) is 0 Å². The van der Waals surface area contributed by atoms with Crippen LogP contribution in [0.3, 0.4) is 0 Å². The van der Waals surface area contributed by atoms with E-state index in [9.17, 15) is 0 Å². The van der Waals surface area contributed by atoms with Crippen molar-refractivity contribution < 1.29 is 4.74 Å². The Labute approximate surface area is 136 Å². The summed E-state index contributed by atoms with van der Waals surface area (Å²) in [5, 5.41) is 7.90. The third-order valence-electron chi connectivity index (χ3n) is 5.24. The maximum Gasteiger partial charge on any atom is 0.122 e. The summed E-state index contributed by atoms with van der Waals surface area (Å²) >= 11 is 0. The molecule has 1 saturated carbocycles. The second-order valence-corrected chi connectivity index (χ2v) is 6.68. The standard InChI is InChI=1S/C17H25N5O/c1-23-10-9-22-8-6-18-16(22)12-21-7-5-15-14(11-21)17(20-19-15)13-3-2-4-13/h6,8,13H,2-5,7,9-12H2,1H3,(H,19,20). The molecular formula is C17H25N5O. The van der Waals surface area contributed by atoms with E-state index in [1.54, 1.807) is 7.11 Å². The lowest BCUT2D eigenvalue weighted by Crippen LogP contribution is -2.32. The fraction of sp³-hybridized carbons (Fsp3) is 0.647. The number of imidazole rings is 1. The van der Waals surface area contributed by atoms with Gasteiger partial charge in [-0.1, -0.05) is 6.42 Å². The summed E-state index contributed by atoms with van der Waals surface area (Å²) in [5.74, 6) is 1.82. The van der Waals surface area contributed by atoms with Crippen molar-refractivity contribution in [2.45, 2.75) is 51.2 Å². The molecular weight excluding hydrogens is 290 g/mol. The molecule has 1 fully saturated rings. The first-order valence-corrected chi connectivity index (χ1v) is 8.62. The number of hydrogen-bond acceptors (Lipinski definition) is 4. The highest BCUT2D eigenvalue weighted by molar-refractivity contribution is 5.31. The van der Waals surface area contributed by atoms with Crippen molar-refractivity contribution in [1.29, 1.82) is 0 Å². The van der Waals surface area contributed by atoms with Crippen LogP contribution in [-0.4, -0.2) is 44.9 Å². The quantitative estimate of drug-likeness (QED) is 0.886. The number of fused-ring (bicyclic) bond motifs is 1. The molecule has 124 valence electrons. The fourth-order valence-corrected chi connectivity index (χ4v) is 3.61. The van der Waals surface area contributed by atoms with E-state index < -0.39 is 0 Å². The number of aromatic nitrogens is 4. The minimum Gasteiger partial charge on any atom is -0.383 e. The molecule has 0 saturated heterocycles. The summed E-state index contributed by atoms with van der Waals surface area (Å²) < 4.78 is 7.38. The molecule has 1 N–H and O–H groups in total. The Morgan fingerprint density at radius 1 is 1.39 bits per heavy atom. The summed E-state index contributed by atoms with van der Waals surface area (Å²) in [4.78, 5) is 7.03. The summed E-state index contributed by atoms with van der Waals surface area (Å²) in [6.45, 7) is 4.54. The van der Waals surface area contributed by atoms with Crippen molar-refractivity contribution in [3.05, 3.63) is 35.2 Å². The van der Waals surface area contributed by atoms with E-state index in [4.69, 9.17) is 4.74 Å². The van der Waals surface area contributed by atoms with E-state index in [2.05, 4.69) is 24.6 Å². The zero-order chi connectivity index (χ0) is 15.6. The predicted octanol–water partition coefficient (Wildman–Crippen LogP) is 2.08. The van der Waals surface area contributed by atoms with Gasteiger partial charge in [-0.05, 0) is 12.8 Å². The smallest absolute Gasteiger partial charge is 0.122 e. The monoisotopic (exact) mass is 315 g/mol. The molecule has 6 nitrogen and oxygen atoms in total. The number of methoxy groups -OCH3 is 1. The van der Waals surface area contributed by atoms with Gasteiger partial charge in [0, 0.05) is 62.7 Å². The summed E-state index contributed by atoms with van der Waals surface area (Å²) in [6, 6.07) is 0. The lowest BCUT2D eigenvalue weighted by Gasteiger charge is -2.30. The number of nitrogens with one attached hydrogen (secondary N) is 1. The molecule has 2 aromatic heterocycles. The summed E-state index contributed by atoms with van der Waals surface area (Å²) in [7, 11) is 1.74. The summed E-state index contributed by atoms with van der Waals surface area (Å²) in [6.07, 6.45) is 8.96. The predicted molar refractivity (Wildman–Crippen MR) is 87.1 cm³/mol. The van der Waals surface area contributed by atoms with Gasteiger partial charge in [-0.2, -0.15) is 5.10 Å². The third kappa shape index (κ3) is 2.93. The fourth-order valence-electron chi connectivity index (χ4n) is 3.61. The number of H-pyrrole nitrogens is 1. The first-order chi connectivity index (χ1) is 11.3. The SMILES string of the molecule is COCCn1ccnc1CN1CCc2[nH]nc(C3CCC3)c2C1. The number of hydrogen-bond donors (Lipinski definition) is 1. The Hall–Kier alpha value is -1.66. The van der Waals surface area contributed by atoms with Crippen LogP contribution in [0.25, 0.3) is 0 Å². The molecule has 0 bridgehead atoms. The van der Waals surface area contributed by atoms with Gasteiger partial charge in [0.1, 0.15) is 5.82 Å². The van der Waals surface area contributed by atoms with E-state index >= 15 is 0 Å². The van der Waals surface area contributed by atoms with Gasteiger partial charge >= 0.3 is 0 Å². The Kier molecular flexibility index (Phi) is 4.18. The largest absolute Gasteiger partial charge is 0.383 e. The van der Waals surface area contributed by atoms with Crippen LogP contribution in [0.5, 0.6) is 0 Å². The van der Waals surface area contributed by atoms with E-state index in [1.165, 1.54) is 36.2 Å². The molecule has 0 aromatic carbocycles. The van der Waals surface area contributed by atoms with Gasteiger partial charge in [0.15, 0.2) is 0 Å². The highest BCUT2D eigenvalue weighted by Gasteiger charge is 2.29. The van der Waals surface area contributed by atoms with E-state index in [0.29, 0.717) is 5.92 Å². The molecule has 23 heavy (non-hydrogen) atoms. The van der Waals surface area contributed by atoms with Gasteiger partial charge in [-0.15, -0.1) is 0 Å². The van der Waals surface area contributed by atoms with E-state index in [0.717, 1.165) is 45.0 Å². The number of nitrogens with zero attached hydrogens (tertiary/aromatic N) is 4. The van der Waals surface area contributed by atoms with Crippen LogP contribution in [0.15, 0.2) is 12.4 Å². The maximum atomic E-state index is 5.18. The molecule has 0 unspecified atom stereocenters. The topological polar surface area (TPSA) is 59.0 Å². The third-order valence-corrected chi connectivity index (χ3v) is 5.24. The molecule has 6 heteroatoms. The highest BCUT2D eigenvalue weighted by atomic mass is 16.5. The molecule has 2 aromatic rings. The van der Waals surface area contributed by atoms with Crippen molar-refractivity contribution in [1.82, 2.24) is 24.6 Å². The number of aromatic amines is 1. The summed E-state index contributed by atoms with van der Waals surface area (Å²) in [5.41, 5.74) is 4.14. The van der Waals surface area contributed by atoms with Crippen molar-refractivity contribution in [3.63, 3.8) is 0 Å². The van der Waals surface area contributed by atoms with Crippen molar-refractivity contribution in [2.24, 2.45) is 0 Å². The van der Waals surface area contributed by atoms with Gasteiger partial charge < -0.3 is 9.30 Å². The average Bonchev–Trinajstić information content (AvgIpc) is 3.11.